The monoisotopic (exact) mass is 286 g/mol. The Morgan fingerprint density at radius 1 is 1.61 bits per heavy atom. The third kappa shape index (κ3) is 2.42. The summed E-state index contributed by atoms with van der Waals surface area (Å²) in [6.45, 7) is 0.834. The summed E-state index contributed by atoms with van der Waals surface area (Å²) in [6.07, 6.45) is 5.10. The van der Waals surface area contributed by atoms with Gasteiger partial charge in [-0.1, -0.05) is 0 Å². The van der Waals surface area contributed by atoms with Gasteiger partial charge in [0.05, 0.1) is 35.3 Å². The molecule has 3 N–H and O–H groups in total. The molecular formula is C11H18N4OS2. The summed E-state index contributed by atoms with van der Waals surface area (Å²) in [5, 5.41) is 0. The number of hydrogen-bond acceptors (Lipinski definition) is 7. The fraction of sp³-hybridized carbons (Fsp3) is 0.818. The number of ether oxygens (including phenoxy) is 1. The van der Waals surface area contributed by atoms with Crippen LogP contribution < -0.4 is 11.3 Å². The highest BCUT2D eigenvalue weighted by molar-refractivity contribution is 7.99. The normalized spacial score (nSPS) is 33.9. The van der Waals surface area contributed by atoms with Crippen molar-refractivity contribution >= 4 is 23.5 Å². The van der Waals surface area contributed by atoms with Gasteiger partial charge in [0.15, 0.2) is 0 Å². The lowest BCUT2D eigenvalue weighted by molar-refractivity contribution is -0.0856. The minimum absolute atomic E-state index is 0.0894. The van der Waals surface area contributed by atoms with E-state index in [0.29, 0.717) is 5.92 Å². The van der Waals surface area contributed by atoms with Crippen molar-refractivity contribution in [3.63, 3.8) is 0 Å². The molecule has 2 saturated heterocycles. The molecule has 0 saturated carbocycles. The highest BCUT2D eigenvalue weighted by Crippen LogP contribution is 2.43. The first-order chi connectivity index (χ1) is 8.83. The van der Waals surface area contributed by atoms with E-state index in [2.05, 4.69) is 14.2 Å². The largest absolute Gasteiger partial charge is 0.374 e. The second kappa shape index (κ2) is 5.42. The van der Waals surface area contributed by atoms with Gasteiger partial charge in [-0.25, -0.2) is 0 Å². The Balaban J connectivity index is 1.74. The van der Waals surface area contributed by atoms with Crippen LogP contribution in [0.15, 0.2) is 6.20 Å². The summed E-state index contributed by atoms with van der Waals surface area (Å²) in [5.74, 6) is 8.55. The van der Waals surface area contributed by atoms with E-state index in [9.17, 15) is 0 Å². The smallest absolute Gasteiger partial charge is 0.0928 e. The zero-order chi connectivity index (χ0) is 12.4. The van der Waals surface area contributed by atoms with Crippen LogP contribution in [0.2, 0.25) is 0 Å². The lowest BCUT2D eigenvalue weighted by Crippen LogP contribution is -2.45. The fourth-order valence-corrected chi connectivity index (χ4v) is 4.82. The van der Waals surface area contributed by atoms with Crippen LogP contribution in [0.3, 0.4) is 0 Å². The molecule has 0 aliphatic carbocycles. The van der Waals surface area contributed by atoms with Crippen molar-refractivity contribution in [2.75, 3.05) is 18.1 Å². The second-order valence-corrected chi connectivity index (χ2v) is 6.73. The fourth-order valence-electron chi connectivity index (χ4n) is 2.99. The Morgan fingerprint density at radius 3 is 3.22 bits per heavy atom. The van der Waals surface area contributed by atoms with Gasteiger partial charge in [-0.05, 0) is 30.9 Å². The molecule has 18 heavy (non-hydrogen) atoms. The minimum Gasteiger partial charge on any atom is -0.374 e. The van der Waals surface area contributed by atoms with Gasteiger partial charge in [0.25, 0.3) is 0 Å². The molecule has 3 rings (SSSR count). The lowest BCUT2D eigenvalue weighted by atomic mass is 9.80. The summed E-state index contributed by atoms with van der Waals surface area (Å²) >= 11 is 3.24. The molecule has 5 nitrogen and oxygen atoms in total. The summed E-state index contributed by atoms with van der Waals surface area (Å²) in [7, 11) is 0. The molecule has 0 amide bonds. The van der Waals surface area contributed by atoms with Gasteiger partial charge >= 0.3 is 0 Å². The van der Waals surface area contributed by atoms with E-state index in [1.807, 2.05) is 18.0 Å². The Morgan fingerprint density at radius 2 is 2.56 bits per heavy atom. The van der Waals surface area contributed by atoms with E-state index >= 15 is 0 Å². The predicted octanol–water partition coefficient (Wildman–Crippen LogP) is 1.34. The Hall–Kier alpha value is -0.210. The van der Waals surface area contributed by atoms with E-state index in [-0.39, 0.29) is 11.6 Å². The molecule has 3 atom stereocenters. The molecule has 0 aromatic carbocycles. The van der Waals surface area contributed by atoms with Crippen LogP contribution in [0, 0.1) is 5.92 Å². The first-order valence-corrected chi connectivity index (χ1v) is 8.17. The molecule has 100 valence electrons. The topological polar surface area (TPSA) is 73.1 Å². The summed E-state index contributed by atoms with van der Waals surface area (Å²) < 4.78 is 14.4. The zero-order valence-corrected chi connectivity index (χ0v) is 11.8. The molecule has 0 radical (unpaired) electrons. The van der Waals surface area contributed by atoms with Crippen LogP contribution in [0.1, 0.15) is 31.0 Å². The van der Waals surface area contributed by atoms with Crippen molar-refractivity contribution in [2.45, 2.75) is 30.9 Å². The maximum Gasteiger partial charge on any atom is 0.0928 e. The Kier molecular flexibility index (Phi) is 3.86. The van der Waals surface area contributed by atoms with E-state index in [4.69, 9.17) is 10.6 Å². The average molecular weight is 286 g/mol. The van der Waals surface area contributed by atoms with Crippen LogP contribution >= 0.6 is 23.5 Å². The predicted molar refractivity (Wildman–Crippen MR) is 73.3 cm³/mol. The molecular weight excluding hydrogens is 268 g/mol. The molecule has 0 bridgehead atoms. The zero-order valence-electron chi connectivity index (χ0n) is 10.2. The van der Waals surface area contributed by atoms with Crippen LogP contribution in [0.5, 0.6) is 0 Å². The highest BCUT2D eigenvalue weighted by atomic mass is 32.2. The van der Waals surface area contributed by atoms with Crippen molar-refractivity contribution in [1.82, 2.24) is 14.2 Å². The molecule has 2 aliphatic rings. The molecule has 2 fully saturated rings. The average Bonchev–Trinajstić information content (AvgIpc) is 3.03. The van der Waals surface area contributed by atoms with E-state index in [1.165, 1.54) is 23.9 Å². The van der Waals surface area contributed by atoms with Gasteiger partial charge in [-0.3, -0.25) is 11.3 Å². The Bertz CT molecular complexity index is 380. The van der Waals surface area contributed by atoms with Crippen molar-refractivity contribution in [2.24, 2.45) is 11.8 Å². The molecule has 7 heteroatoms. The number of rotatable bonds is 3. The lowest BCUT2D eigenvalue weighted by Gasteiger charge is -2.40. The number of thioether (sulfide) groups is 1. The van der Waals surface area contributed by atoms with Gasteiger partial charge in [0, 0.05) is 12.4 Å². The molecule has 3 unspecified atom stereocenters. The number of nitrogens with one attached hydrogen (secondary N) is 1. The second-order valence-electron chi connectivity index (χ2n) is 5.06. The molecule has 2 aliphatic heterocycles. The van der Waals surface area contributed by atoms with E-state index in [0.717, 1.165) is 30.9 Å². The maximum absolute atomic E-state index is 6.05. The molecule has 3 heterocycles. The van der Waals surface area contributed by atoms with Gasteiger partial charge in [-0.15, -0.1) is 0 Å². The number of aromatic nitrogens is 2. The van der Waals surface area contributed by atoms with Crippen LogP contribution in [-0.2, 0) is 4.74 Å². The highest BCUT2D eigenvalue weighted by Gasteiger charge is 2.43. The van der Waals surface area contributed by atoms with Crippen LogP contribution in [-0.4, -0.2) is 32.5 Å². The minimum atomic E-state index is 0.0894. The summed E-state index contributed by atoms with van der Waals surface area (Å²) in [6, 6.07) is 0.107. The quantitative estimate of drug-likeness (QED) is 0.645. The SMILES string of the molecule is NNC(c1cnsn1)C1CCOC2(CCSC2)C1. The molecule has 1 aromatic heterocycles. The van der Waals surface area contributed by atoms with Crippen LogP contribution in [0.25, 0.3) is 0 Å². The molecule has 1 spiro atoms. The van der Waals surface area contributed by atoms with Crippen LogP contribution in [0.4, 0.5) is 0 Å². The van der Waals surface area contributed by atoms with E-state index in [1.54, 1.807) is 0 Å². The number of hydrogen-bond donors (Lipinski definition) is 2. The standard InChI is InChI=1S/C11H18N4OS2/c12-14-10(9-6-13-18-15-9)8-1-3-16-11(5-8)2-4-17-7-11/h6,8,10,14H,1-5,7,12H2. The first-order valence-electron chi connectivity index (χ1n) is 6.28. The van der Waals surface area contributed by atoms with Gasteiger partial charge in [-0.2, -0.15) is 20.5 Å². The van der Waals surface area contributed by atoms with Gasteiger partial charge in [0.2, 0.25) is 0 Å². The van der Waals surface area contributed by atoms with Crippen molar-refractivity contribution in [3.8, 4) is 0 Å². The van der Waals surface area contributed by atoms with Crippen molar-refractivity contribution in [1.29, 1.82) is 0 Å². The summed E-state index contributed by atoms with van der Waals surface area (Å²) in [4.78, 5) is 0. The van der Waals surface area contributed by atoms with Crippen molar-refractivity contribution in [3.05, 3.63) is 11.9 Å². The number of nitrogens with two attached hydrogens (primary N) is 1. The maximum atomic E-state index is 6.05. The number of hydrazine groups is 1. The van der Waals surface area contributed by atoms with Gasteiger partial charge in [0.1, 0.15) is 0 Å². The van der Waals surface area contributed by atoms with E-state index < -0.39 is 0 Å². The van der Waals surface area contributed by atoms with Crippen molar-refractivity contribution < 1.29 is 4.74 Å². The molecule has 1 aromatic rings. The third-order valence-electron chi connectivity index (χ3n) is 3.95. The third-order valence-corrected chi connectivity index (χ3v) is 5.66. The van der Waals surface area contributed by atoms with Gasteiger partial charge < -0.3 is 4.74 Å². The Labute approximate surface area is 115 Å². The summed E-state index contributed by atoms with van der Waals surface area (Å²) in [5.41, 5.74) is 3.98. The first kappa shape index (κ1) is 12.8. The number of nitrogens with zero attached hydrogens (tertiary/aromatic N) is 2.